The molecule has 2 saturated carbocycles. The summed E-state index contributed by atoms with van der Waals surface area (Å²) >= 11 is 0. The number of rotatable bonds is 6. The van der Waals surface area contributed by atoms with Crippen LogP contribution in [0, 0.1) is 24.6 Å². The van der Waals surface area contributed by atoms with E-state index >= 15 is 0 Å². The fraction of sp³-hybridized carbons (Fsp3) is 0.704. The third-order valence-electron chi connectivity index (χ3n) is 8.11. The number of carbonyl (C=O) groups excluding carboxylic acids is 2. The quantitative estimate of drug-likeness (QED) is 0.619. The monoisotopic (exact) mass is 442 g/mol. The van der Waals surface area contributed by atoms with Gasteiger partial charge in [0.25, 0.3) is 0 Å². The molecule has 0 unspecified atom stereocenters. The number of piperazine rings is 1. The van der Waals surface area contributed by atoms with E-state index in [4.69, 9.17) is 0 Å². The average Bonchev–Trinajstić information content (AvgIpc) is 3.32. The summed E-state index contributed by atoms with van der Waals surface area (Å²) in [5.74, 6) is 0.733. The van der Waals surface area contributed by atoms with E-state index in [-0.39, 0.29) is 29.5 Å². The molecule has 0 radical (unpaired) electrons. The molecule has 1 aliphatic heterocycles. The van der Waals surface area contributed by atoms with Gasteiger partial charge in [-0.1, -0.05) is 32.1 Å². The van der Waals surface area contributed by atoms with E-state index < -0.39 is 0 Å². The number of carbonyl (C=O) groups is 2. The Balaban J connectivity index is 1.38. The fourth-order valence-corrected chi connectivity index (χ4v) is 6.05. The number of hydrogen-bond acceptors (Lipinski definition) is 3. The highest BCUT2D eigenvalue weighted by atomic mass is 19.1. The van der Waals surface area contributed by atoms with E-state index in [1.54, 1.807) is 12.1 Å². The molecule has 4 nitrogen and oxygen atoms in total. The minimum Gasteiger partial charge on any atom is -0.337 e. The van der Waals surface area contributed by atoms with Crippen molar-refractivity contribution in [3.8, 4) is 0 Å². The highest BCUT2D eigenvalue weighted by Crippen LogP contribution is 2.29. The third kappa shape index (κ3) is 5.41. The molecule has 32 heavy (non-hydrogen) atoms. The second-order valence-corrected chi connectivity index (χ2v) is 10.4. The maximum absolute atomic E-state index is 14.5. The fourth-order valence-electron chi connectivity index (χ4n) is 6.05. The standard InChI is InChI=1S/C27H39FN2O2/c1-19-17-29(12-13-30(19)27(32)22-10-6-7-11-22)18-24-15-25(28)14-23(20(24)2)16-26(31)21-8-4-3-5-9-21/h14-15,19,21-22H,3-13,16-18H2,1-2H3/t19-/m0/s1. The van der Waals surface area contributed by atoms with Crippen molar-refractivity contribution in [2.45, 2.75) is 90.6 Å². The first-order valence-electron chi connectivity index (χ1n) is 12.8. The van der Waals surface area contributed by atoms with Crippen LogP contribution < -0.4 is 0 Å². The van der Waals surface area contributed by atoms with Gasteiger partial charge in [0.05, 0.1) is 0 Å². The second kappa shape index (κ2) is 10.5. The van der Waals surface area contributed by atoms with Crippen LogP contribution in [-0.4, -0.2) is 47.2 Å². The van der Waals surface area contributed by atoms with E-state index in [0.29, 0.717) is 18.9 Å². The molecule has 1 atom stereocenters. The molecule has 3 aliphatic rings. The predicted octanol–water partition coefficient (Wildman–Crippen LogP) is 5.05. The Labute approximate surface area is 192 Å². The molecule has 3 fully saturated rings. The summed E-state index contributed by atoms with van der Waals surface area (Å²) in [6.45, 7) is 7.20. The summed E-state index contributed by atoms with van der Waals surface area (Å²) in [5, 5.41) is 0. The number of amides is 1. The Hall–Kier alpha value is -1.75. The largest absolute Gasteiger partial charge is 0.337 e. The van der Waals surface area contributed by atoms with Gasteiger partial charge >= 0.3 is 0 Å². The molecule has 176 valence electrons. The van der Waals surface area contributed by atoms with Crippen LogP contribution in [0.5, 0.6) is 0 Å². The van der Waals surface area contributed by atoms with E-state index in [9.17, 15) is 14.0 Å². The van der Waals surface area contributed by atoms with Gasteiger partial charge in [0.15, 0.2) is 0 Å². The lowest BCUT2D eigenvalue weighted by Gasteiger charge is -2.41. The summed E-state index contributed by atoms with van der Waals surface area (Å²) in [4.78, 5) is 30.1. The minimum absolute atomic E-state index is 0.154. The molecule has 1 aromatic rings. The number of benzene rings is 1. The van der Waals surface area contributed by atoms with Gasteiger partial charge in [-0.15, -0.1) is 0 Å². The van der Waals surface area contributed by atoms with Crippen LogP contribution in [-0.2, 0) is 22.6 Å². The van der Waals surface area contributed by atoms with Crippen molar-refractivity contribution < 1.29 is 14.0 Å². The van der Waals surface area contributed by atoms with Crippen LogP contribution >= 0.6 is 0 Å². The van der Waals surface area contributed by atoms with Crippen molar-refractivity contribution in [3.05, 3.63) is 34.6 Å². The average molecular weight is 443 g/mol. The Kier molecular flexibility index (Phi) is 7.65. The summed E-state index contributed by atoms with van der Waals surface area (Å²) in [7, 11) is 0. The molecule has 1 heterocycles. The van der Waals surface area contributed by atoms with Crippen molar-refractivity contribution in [1.82, 2.24) is 9.80 Å². The van der Waals surface area contributed by atoms with Crippen molar-refractivity contribution in [2.24, 2.45) is 11.8 Å². The van der Waals surface area contributed by atoms with Crippen molar-refractivity contribution in [2.75, 3.05) is 19.6 Å². The number of halogens is 1. The molecule has 1 aromatic carbocycles. The number of nitrogens with zero attached hydrogens (tertiary/aromatic N) is 2. The Morgan fingerprint density at radius 1 is 0.938 bits per heavy atom. The van der Waals surface area contributed by atoms with E-state index in [1.807, 2.05) is 6.92 Å². The highest BCUT2D eigenvalue weighted by Gasteiger charge is 2.33. The summed E-state index contributed by atoms with van der Waals surface area (Å²) in [5.41, 5.74) is 2.87. The van der Waals surface area contributed by atoms with E-state index in [2.05, 4.69) is 16.7 Å². The molecule has 1 amide bonds. The van der Waals surface area contributed by atoms with Gasteiger partial charge < -0.3 is 4.90 Å². The van der Waals surface area contributed by atoms with Crippen molar-refractivity contribution in [3.63, 3.8) is 0 Å². The molecule has 4 rings (SSSR count). The molecule has 2 aliphatic carbocycles. The van der Waals surface area contributed by atoms with Crippen molar-refractivity contribution >= 4 is 11.7 Å². The maximum Gasteiger partial charge on any atom is 0.226 e. The molecule has 0 bridgehead atoms. The smallest absolute Gasteiger partial charge is 0.226 e. The van der Waals surface area contributed by atoms with E-state index in [1.165, 1.54) is 19.3 Å². The van der Waals surface area contributed by atoms with Crippen LogP contribution in [0.4, 0.5) is 4.39 Å². The Morgan fingerprint density at radius 2 is 1.56 bits per heavy atom. The lowest BCUT2D eigenvalue weighted by Crippen LogP contribution is -2.54. The van der Waals surface area contributed by atoms with Crippen LogP contribution in [0.2, 0.25) is 0 Å². The number of Topliss-reactive ketones (excluding diaryl/α,β-unsaturated/α-hetero) is 1. The minimum atomic E-state index is -0.250. The molecule has 0 aromatic heterocycles. The maximum atomic E-state index is 14.5. The first-order chi connectivity index (χ1) is 15.4. The van der Waals surface area contributed by atoms with Gasteiger partial charge in [-0.05, 0) is 68.4 Å². The van der Waals surface area contributed by atoms with E-state index in [0.717, 1.165) is 74.8 Å². The Bertz CT molecular complexity index is 827. The zero-order chi connectivity index (χ0) is 22.7. The van der Waals surface area contributed by atoms with Gasteiger partial charge in [-0.2, -0.15) is 0 Å². The third-order valence-corrected chi connectivity index (χ3v) is 8.11. The molecule has 0 N–H and O–H groups in total. The van der Waals surface area contributed by atoms with Crippen LogP contribution in [0.25, 0.3) is 0 Å². The topological polar surface area (TPSA) is 40.6 Å². The molecular weight excluding hydrogens is 403 g/mol. The molecule has 5 heteroatoms. The second-order valence-electron chi connectivity index (χ2n) is 10.4. The predicted molar refractivity (Wildman–Crippen MR) is 125 cm³/mol. The van der Waals surface area contributed by atoms with Crippen LogP contribution in [0.3, 0.4) is 0 Å². The highest BCUT2D eigenvalue weighted by molar-refractivity contribution is 5.83. The summed E-state index contributed by atoms with van der Waals surface area (Å²) in [6, 6.07) is 3.36. The van der Waals surface area contributed by atoms with Gasteiger partial charge in [0, 0.05) is 50.5 Å². The molecule has 0 spiro atoms. The summed E-state index contributed by atoms with van der Waals surface area (Å²) in [6.07, 6.45) is 10.3. The van der Waals surface area contributed by atoms with Crippen LogP contribution in [0.1, 0.15) is 81.4 Å². The van der Waals surface area contributed by atoms with Gasteiger partial charge in [-0.3, -0.25) is 14.5 Å². The van der Waals surface area contributed by atoms with Crippen LogP contribution in [0.15, 0.2) is 12.1 Å². The molecular formula is C27H39FN2O2. The van der Waals surface area contributed by atoms with Gasteiger partial charge in [-0.25, -0.2) is 4.39 Å². The summed E-state index contributed by atoms with van der Waals surface area (Å²) < 4.78 is 14.5. The zero-order valence-corrected chi connectivity index (χ0v) is 19.9. The number of hydrogen-bond donors (Lipinski definition) is 0. The number of ketones is 1. The van der Waals surface area contributed by atoms with Gasteiger partial charge in [0.1, 0.15) is 11.6 Å². The lowest BCUT2D eigenvalue weighted by atomic mass is 9.83. The molecule has 1 saturated heterocycles. The first-order valence-corrected chi connectivity index (χ1v) is 12.8. The first kappa shape index (κ1) is 23.4. The Morgan fingerprint density at radius 3 is 2.25 bits per heavy atom. The zero-order valence-electron chi connectivity index (χ0n) is 19.9. The van der Waals surface area contributed by atoms with Crippen molar-refractivity contribution in [1.29, 1.82) is 0 Å². The lowest BCUT2D eigenvalue weighted by molar-refractivity contribution is -0.140. The normalized spacial score (nSPS) is 23.6. The van der Waals surface area contributed by atoms with Gasteiger partial charge in [0.2, 0.25) is 5.91 Å². The SMILES string of the molecule is Cc1c(CC(=O)C2CCCCC2)cc(F)cc1CN1CCN(C(=O)C2CCCC2)[C@@H](C)C1.